The maximum absolute atomic E-state index is 12.4. The van der Waals surface area contributed by atoms with Gasteiger partial charge < -0.3 is 10.6 Å². The molecule has 1 aromatic carbocycles. The molecule has 1 atom stereocenters. The molecule has 0 bridgehead atoms. The highest BCUT2D eigenvalue weighted by Crippen LogP contribution is 2.28. The van der Waals surface area contributed by atoms with E-state index in [2.05, 4.69) is 0 Å². The molecule has 2 N–H and O–H groups in total. The van der Waals surface area contributed by atoms with Gasteiger partial charge in [0.25, 0.3) is 5.91 Å². The van der Waals surface area contributed by atoms with E-state index in [-0.39, 0.29) is 11.9 Å². The smallest absolute Gasteiger partial charge is 0.257 e. The first-order valence-electron chi connectivity index (χ1n) is 5.56. The minimum atomic E-state index is -0.207. The molecule has 0 spiro atoms. The second-order valence-electron chi connectivity index (χ2n) is 4.16. The van der Waals surface area contributed by atoms with Gasteiger partial charge in [-0.05, 0) is 25.0 Å². The van der Waals surface area contributed by atoms with Crippen LogP contribution in [-0.4, -0.2) is 28.4 Å². The van der Waals surface area contributed by atoms with E-state index in [9.17, 15) is 4.79 Å². The fourth-order valence-electron chi connectivity index (χ4n) is 2.15. The first-order valence-corrected chi connectivity index (χ1v) is 6.73. The third-order valence-corrected chi connectivity index (χ3v) is 3.92. The number of nitrogens with two attached hydrogens (primary N) is 1. The zero-order valence-corrected chi connectivity index (χ0v) is 11.9. The molecule has 1 heterocycles. The summed E-state index contributed by atoms with van der Waals surface area (Å²) < 4.78 is 0. The predicted octanol–water partition coefficient (Wildman–Crippen LogP) is 2.88. The minimum absolute atomic E-state index is 0.195. The van der Waals surface area contributed by atoms with E-state index >= 15 is 0 Å². The van der Waals surface area contributed by atoms with Crippen molar-refractivity contribution < 1.29 is 4.79 Å². The van der Waals surface area contributed by atoms with Gasteiger partial charge in [-0.1, -0.05) is 41.5 Å². The van der Waals surface area contributed by atoms with Gasteiger partial charge in [-0.25, -0.2) is 0 Å². The van der Waals surface area contributed by atoms with Gasteiger partial charge in [0.2, 0.25) is 0 Å². The summed E-state index contributed by atoms with van der Waals surface area (Å²) in [5.41, 5.74) is 5.97. The minimum Gasteiger partial charge on any atom is -0.392 e. The Morgan fingerprint density at radius 1 is 1.39 bits per heavy atom. The van der Waals surface area contributed by atoms with Crippen molar-refractivity contribution in [3.63, 3.8) is 0 Å². The van der Waals surface area contributed by atoms with Crippen LogP contribution in [-0.2, 0) is 0 Å². The lowest BCUT2D eigenvalue weighted by Crippen LogP contribution is -2.43. The molecular weight excluding hydrogens is 291 g/mol. The Morgan fingerprint density at radius 3 is 2.56 bits per heavy atom. The molecule has 1 amide bonds. The van der Waals surface area contributed by atoms with Gasteiger partial charge in [-0.3, -0.25) is 4.79 Å². The normalized spacial score (nSPS) is 19.0. The number of hydrogen-bond acceptors (Lipinski definition) is 2. The molecule has 0 aromatic heterocycles. The Labute approximate surface area is 121 Å². The molecule has 1 aromatic rings. The summed E-state index contributed by atoms with van der Waals surface area (Å²) in [6.45, 7) is 0.627. The van der Waals surface area contributed by atoms with E-state index in [1.807, 2.05) is 0 Å². The van der Waals surface area contributed by atoms with Crippen molar-refractivity contribution in [1.82, 2.24) is 4.90 Å². The molecule has 1 unspecified atom stereocenters. The highest BCUT2D eigenvalue weighted by Gasteiger charge is 2.32. The van der Waals surface area contributed by atoms with Gasteiger partial charge in [0, 0.05) is 6.54 Å². The van der Waals surface area contributed by atoms with Crippen molar-refractivity contribution in [1.29, 1.82) is 0 Å². The lowest BCUT2D eigenvalue weighted by atomic mass is 10.1. The summed E-state index contributed by atoms with van der Waals surface area (Å²) in [6.07, 6.45) is 1.68. The lowest BCUT2D eigenvalue weighted by Gasteiger charge is -2.24. The monoisotopic (exact) mass is 302 g/mol. The number of benzene rings is 1. The Bertz CT molecular complexity index is 487. The summed E-state index contributed by atoms with van der Waals surface area (Å²) in [6, 6.07) is 4.80. The molecule has 2 rings (SSSR count). The van der Waals surface area contributed by atoms with E-state index in [4.69, 9.17) is 41.2 Å². The van der Waals surface area contributed by atoms with Gasteiger partial charge in [-0.2, -0.15) is 0 Å². The Kier molecular flexibility index (Phi) is 4.10. The van der Waals surface area contributed by atoms with Crippen molar-refractivity contribution >= 4 is 46.3 Å². The van der Waals surface area contributed by atoms with Gasteiger partial charge in [-0.15, -0.1) is 0 Å². The number of carbonyl (C=O) groups is 1. The van der Waals surface area contributed by atoms with Crippen LogP contribution in [0.2, 0.25) is 10.0 Å². The van der Waals surface area contributed by atoms with Gasteiger partial charge >= 0.3 is 0 Å². The molecule has 0 saturated carbocycles. The number of amides is 1. The molecule has 6 heteroatoms. The maximum atomic E-state index is 12.4. The average Bonchev–Trinajstić information content (AvgIpc) is 2.77. The Balaban J connectivity index is 2.34. The summed E-state index contributed by atoms with van der Waals surface area (Å²) in [5.74, 6) is -0.207. The van der Waals surface area contributed by atoms with Gasteiger partial charge in [0.15, 0.2) is 0 Å². The number of nitrogens with zero attached hydrogens (tertiary/aromatic N) is 1. The second kappa shape index (κ2) is 5.43. The van der Waals surface area contributed by atoms with Crippen LogP contribution in [0.5, 0.6) is 0 Å². The number of rotatable bonds is 2. The summed E-state index contributed by atoms with van der Waals surface area (Å²) >= 11 is 17.1. The first kappa shape index (κ1) is 13.6. The SMILES string of the molecule is NC(=S)C1CCCN1C(=O)c1c(Cl)cccc1Cl. The molecule has 0 radical (unpaired) electrons. The van der Waals surface area contributed by atoms with E-state index in [0.29, 0.717) is 27.1 Å². The molecule has 1 aliphatic rings. The quantitative estimate of drug-likeness (QED) is 0.855. The van der Waals surface area contributed by atoms with Crippen molar-refractivity contribution in [2.45, 2.75) is 18.9 Å². The van der Waals surface area contributed by atoms with Crippen LogP contribution in [0.15, 0.2) is 18.2 Å². The molecule has 0 aliphatic carbocycles. The molecule has 96 valence electrons. The molecular formula is C12H12Cl2N2OS. The van der Waals surface area contributed by atoms with E-state index < -0.39 is 0 Å². The Morgan fingerprint density at radius 2 is 2.00 bits per heavy atom. The topological polar surface area (TPSA) is 46.3 Å². The summed E-state index contributed by atoms with van der Waals surface area (Å²) in [7, 11) is 0. The fourth-order valence-corrected chi connectivity index (χ4v) is 2.96. The lowest BCUT2D eigenvalue weighted by molar-refractivity contribution is 0.0771. The molecule has 1 aliphatic heterocycles. The van der Waals surface area contributed by atoms with E-state index in [1.165, 1.54) is 0 Å². The third kappa shape index (κ3) is 2.46. The zero-order valence-electron chi connectivity index (χ0n) is 9.53. The zero-order chi connectivity index (χ0) is 13.3. The highest BCUT2D eigenvalue weighted by molar-refractivity contribution is 7.80. The predicted molar refractivity (Wildman–Crippen MR) is 77.3 cm³/mol. The molecule has 1 fully saturated rings. The summed E-state index contributed by atoms with van der Waals surface area (Å²) in [5, 5.41) is 0.696. The van der Waals surface area contributed by atoms with Crippen LogP contribution < -0.4 is 5.73 Å². The molecule has 18 heavy (non-hydrogen) atoms. The summed E-state index contributed by atoms with van der Waals surface area (Å²) in [4.78, 5) is 14.4. The van der Waals surface area contributed by atoms with Crippen molar-refractivity contribution in [3.8, 4) is 0 Å². The second-order valence-corrected chi connectivity index (χ2v) is 5.44. The first-order chi connectivity index (χ1) is 8.52. The van der Waals surface area contributed by atoms with E-state index in [1.54, 1.807) is 23.1 Å². The van der Waals surface area contributed by atoms with Crippen LogP contribution >= 0.6 is 35.4 Å². The van der Waals surface area contributed by atoms with Gasteiger partial charge in [0.1, 0.15) is 0 Å². The average molecular weight is 303 g/mol. The Hall–Kier alpha value is -0.840. The maximum Gasteiger partial charge on any atom is 0.257 e. The van der Waals surface area contributed by atoms with Crippen molar-refractivity contribution in [2.24, 2.45) is 5.73 Å². The van der Waals surface area contributed by atoms with Crippen molar-refractivity contribution in [2.75, 3.05) is 6.54 Å². The number of halogens is 2. The standard InChI is InChI=1S/C12H12Cl2N2OS/c13-7-3-1-4-8(14)10(7)12(17)16-6-2-5-9(16)11(15)18/h1,3-4,9H,2,5-6H2,(H2,15,18). The molecule has 1 saturated heterocycles. The number of likely N-dealkylation sites (tertiary alicyclic amines) is 1. The number of thiocarbonyl (C=S) groups is 1. The third-order valence-electron chi connectivity index (χ3n) is 3.02. The van der Waals surface area contributed by atoms with E-state index in [0.717, 1.165) is 12.8 Å². The van der Waals surface area contributed by atoms with Gasteiger partial charge in [0.05, 0.1) is 26.6 Å². The van der Waals surface area contributed by atoms with Crippen molar-refractivity contribution in [3.05, 3.63) is 33.8 Å². The highest BCUT2D eigenvalue weighted by atomic mass is 35.5. The van der Waals surface area contributed by atoms with Crippen LogP contribution in [0.3, 0.4) is 0 Å². The molecule has 3 nitrogen and oxygen atoms in total. The fraction of sp³-hybridized carbons (Fsp3) is 0.333. The van der Waals surface area contributed by atoms with Crippen LogP contribution in [0.1, 0.15) is 23.2 Å². The van der Waals surface area contributed by atoms with Crippen LogP contribution in [0, 0.1) is 0 Å². The number of carbonyl (C=O) groups excluding carboxylic acids is 1. The van der Waals surface area contributed by atoms with Crippen LogP contribution in [0.4, 0.5) is 0 Å². The van der Waals surface area contributed by atoms with Crippen LogP contribution in [0.25, 0.3) is 0 Å². The number of hydrogen-bond donors (Lipinski definition) is 1. The largest absolute Gasteiger partial charge is 0.392 e.